The fourth-order valence-corrected chi connectivity index (χ4v) is 5.01. The van der Waals surface area contributed by atoms with Gasteiger partial charge in [0.15, 0.2) is 0 Å². The van der Waals surface area contributed by atoms with Gasteiger partial charge in [0.2, 0.25) is 0 Å². The van der Waals surface area contributed by atoms with Gasteiger partial charge >= 0.3 is 5.97 Å². The first-order valence-electron chi connectivity index (χ1n) is 9.88. The monoisotopic (exact) mass is 424 g/mol. The van der Waals surface area contributed by atoms with E-state index < -0.39 is 11.9 Å². The SMILES string of the molecule is CCOC(=O)c1c(NC(=O)/C(C#N)=C/c2ccccc2OC)sc2c1C(C)CCC2. The zero-order chi connectivity index (χ0) is 21.7. The Morgan fingerprint density at radius 1 is 1.37 bits per heavy atom. The number of anilines is 1. The molecular formula is C23H24N2O4S. The van der Waals surface area contributed by atoms with Crippen LogP contribution in [0.25, 0.3) is 6.08 Å². The maximum Gasteiger partial charge on any atom is 0.341 e. The number of amides is 1. The Morgan fingerprint density at radius 3 is 2.83 bits per heavy atom. The Bertz CT molecular complexity index is 1030. The van der Waals surface area contributed by atoms with E-state index in [0.29, 0.717) is 21.9 Å². The molecule has 0 aliphatic heterocycles. The van der Waals surface area contributed by atoms with Crippen LogP contribution in [-0.2, 0) is 16.0 Å². The van der Waals surface area contributed by atoms with Crippen LogP contribution in [0, 0.1) is 11.3 Å². The van der Waals surface area contributed by atoms with Gasteiger partial charge in [0.25, 0.3) is 5.91 Å². The van der Waals surface area contributed by atoms with Crippen molar-refractivity contribution in [3.8, 4) is 11.8 Å². The van der Waals surface area contributed by atoms with Gasteiger partial charge in [-0.2, -0.15) is 5.26 Å². The zero-order valence-electron chi connectivity index (χ0n) is 17.3. The Kier molecular flexibility index (Phi) is 6.91. The van der Waals surface area contributed by atoms with Crippen molar-refractivity contribution in [3.63, 3.8) is 0 Å². The van der Waals surface area contributed by atoms with E-state index in [-0.39, 0.29) is 18.1 Å². The maximum absolute atomic E-state index is 12.9. The van der Waals surface area contributed by atoms with E-state index in [1.165, 1.54) is 24.5 Å². The van der Waals surface area contributed by atoms with Crippen molar-refractivity contribution in [3.05, 3.63) is 51.4 Å². The standard InChI is InChI=1S/C23H24N2O4S/c1-4-29-23(27)20-19-14(2)8-7-11-18(19)30-22(20)25-21(26)16(13-24)12-15-9-5-6-10-17(15)28-3/h5-6,9-10,12,14H,4,7-8,11H2,1-3H3,(H,25,26)/b16-12+. The number of nitriles is 1. The lowest BCUT2D eigenvalue weighted by molar-refractivity contribution is -0.112. The summed E-state index contributed by atoms with van der Waals surface area (Å²) in [6.45, 7) is 4.09. The molecule has 1 aromatic heterocycles. The number of thiophene rings is 1. The molecule has 3 rings (SSSR count). The summed E-state index contributed by atoms with van der Waals surface area (Å²) in [4.78, 5) is 26.7. The lowest BCUT2D eigenvalue weighted by Gasteiger charge is -2.19. The molecule has 0 saturated carbocycles. The van der Waals surface area contributed by atoms with Crippen molar-refractivity contribution in [2.45, 2.75) is 39.0 Å². The van der Waals surface area contributed by atoms with Crippen molar-refractivity contribution < 1.29 is 19.1 Å². The summed E-state index contributed by atoms with van der Waals surface area (Å²) in [7, 11) is 1.53. The molecule has 7 heteroatoms. The fraction of sp³-hybridized carbons (Fsp3) is 0.348. The number of fused-ring (bicyclic) bond motifs is 1. The number of rotatable bonds is 6. The molecule has 0 fully saturated rings. The summed E-state index contributed by atoms with van der Waals surface area (Å²) in [6.07, 6.45) is 4.38. The van der Waals surface area contributed by atoms with Crippen LogP contribution >= 0.6 is 11.3 Å². The Morgan fingerprint density at radius 2 is 2.13 bits per heavy atom. The largest absolute Gasteiger partial charge is 0.496 e. The topological polar surface area (TPSA) is 88.4 Å². The van der Waals surface area contributed by atoms with E-state index in [1.54, 1.807) is 25.1 Å². The van der Waals surface area contributed by atoms with Crippen LogP contribution in [0.3, 0.4) is 0 Å². The first kappa shape index (κ1) is 21.6. The molecule has 156 valence electrons. The molecule has 0 radical (unpaired) electrons. The molecule has 6 nitrogen and oxygen atoms in total. The normalized spacial score (nSPS) is 15.7. The number of hydrogen-bond donors (Lipinski definition) is 1. The quantitative estimate of drug-likeness (QED) is 0.404. The second-order valence-corrected chi connectivity index (χ2v) is 8.13. The second-order valence-electron chi connectivity index (χ2n) is 7.02. The third-order valence-electron chi connectivity index (χ3n) is 5.07. The fourth-order valence-electron chi connectivity index (χ4n) is 3.67. The molecule has 1 aliphatic rings. The van der Waals surface area contributed by atoms with Crippen LogP contribution in [0.4, 0.5) is 5.00 Å². The minimum Gasteiger partial charge on any atom is -0.496 e. The maximum atomic E-state index is 12.9. The molecule has 1 aromatic carbocycles. The molecule has 1 heterocycles. The van der Waals surface area contributed by atoms with E-state index in [9.17, 15) is 14.9 Å². The van der Waals surface area contributed by atoms with E-state index in [2.05, 4.69) is 12.2 Å². The van der Waals surface area contributed by atoms with Gasteiger partial charge in [-0.1, -0.05) is 25.1 Å². The first-order valence-corrected chi connectivity index (χ1v) is 10.7. The molecule has 1 unspecified atom stereocenters. The summed E-state index contributed by atoms with van der Waals surface area (Å²) in [5, 5.41) is 12.8. The third-order valence-corrected chi connectivity index (χ3v) is 6.25. The molecule has 1 amide bonds. The van der Waals surface area contributed by atoms with Gasteiger partial charge in [-0.15, -0.1) is 11.3 Å². The van der Waals surface area contributed by atoms with Gasteiger partial charge in [0.05, 0.1) is 19.3 Å². The van der Waals surface area contributed by atoms with Gasteiger partial charge in [-0.05, 0) is 49.8 Å². The van der Waals surface area contributed by atoms with Crippen LogP contribution < -0.4 is 10.1 Å². The molecular weight excluding hydrogens is 400 g/mol. The average Bonchev–Trinajstić information content (AvgIpc) is 3.11. The van der Waals surface area contributed by atoms with Crippen LogP contribution in [0.15, 0.2) is 29.8 Å². The molecule has 2 aromatic rings. The number of methoxy groups -OCH3 is 1. The summed E-state index contributed by atoms with van der Waals surface area (Å²) >= 11 is 1.40. The highest BCUT2D eigenvalue weighted by atomic mass is 32.1. The number of aryl methyl sites for hydroxylation is 1. The summed E-state index contributed by atoms with van der Waals surface area (Å²) in [5.74, 6) is -0.230. The molecule has 1 N–H and O–H groups in total. The summed E-state index contributed by atoms with van der Waals surface area (Å²) in [5.41, 5.74) is 1.93. The van der Waals surface area contributed by atoms with Gasteiger partial charge in [0, 0.05) is 10.4 Å². The van der Waals surface area contributed by atoms with Crippen molar-refractivity contribution in [2.24, 2.45) is 0 Å². The number of hydrogen-bond acceptors (Lipinski definition) is 6. The molecule has 0 spiro atoms. The highest BCUT2D eigenvalue weighted by Crippen LogP contribution is 2.43. The highest BCUT2D eigenvalue weighted by Gasteiger charge is 2.31. The molecule has 0 bridgehead atoms. The van der Waals surface area contributed by atoms with E-state index in [1.807, 2.05) is 12.1 Å². The third kappa shape index (κ3) is 4.39. The summed E-state index contributed by atoms with van der Waals surface area (Å²) < 4.78 is 10.5. The van der Waals surface area contributed by atoms with Crippen molar-refractivity contribution in [2.75, 3.05) is 19.0 Å². The van der Waals surface area contributed by atoms with Crippen molar-refractivity contribution >= 4 is 34.3 Å². The minimum atomic E-state index is -0.569. The average molecular weight is 425 g/mol. The van der Waals surface area contributed by atoms with Crippen LogP contribution in [-0.4, -0.2) is 25.6 Å². The van der Waals surface area contributed by atoms with Crippen LogP contribution in [0.1, 0.15) is 59.0 Å². The van der Waals surface area contributed by atoms with Crippen molar-refractivity contribution in [1.82, 2.24) is 0 Å². The number of ether oxygens (including phenoxy) is 2. The van der Waals surface area contributed by atoms with E-state index >= 15 is 0 Å². The lowest BCUT2D eigenvalue weighted by atomic mass is 9.86. The minimum absolute atomic E-state index is 0.0753. The Hall–Kier alpha value is -3.11. The van der Waals surface area contributed by atoms with Gasteiger partial charge < -0.3 is 14.8 Å². The number of esters is 1. The number of carbonyl (C=O) groups excluding carboxylic acids is 2. The second kappa shape index (κ2) is 9.59. The summed E-state index contributed by atoms with van der Waals surface area (Å²) in [6, 6.07) is 9.08. The van der Waals surface area contributed by atoms with Gasteiger partial charge in [0.1, 0.15) is 22.4 Å². The van der Waals surface area contributed by atoms with Crippen LogP contribution in [0.2, 0.25) is 0 Å². The zero-order valence-corrected chi connectivity index (χ0v) is 18.1. The Labute approximate surface area is 180 Å². The molecule has 30 heavy (non-hydrogen) atoms. The van der Waals surface area contributed by atoms with E-state index in [4.69, 9.17) is 9.47 Å². The number of nitrogens with zero attached hydrogens (tertiary/aromatic N) is 1. The lowest BCUT2D eigenvalue weighted by Crippen LogP contribution is -2.17. The number of nitrogens with one attached hydrogen (secondary N) is 1. The number of carbonyl (C=O) groups is 2. The predicted molar refractivity (Wildman–Crippen MR) is 117 cm³/mol. The van der Waals surface area contributed by atoms with Crippen LogP contribution in [0.5, 0.6) is 5.75 Å². The highest BCUT2D eigenvalue weighted by molar-refractivity contribution is 7.17. The smallest absolute Gasteiger partial charge is 0.341 e. The molecule has 0 saturated heterocycles. The van der Waals surface area contributed by atoms with Gasteiger partial charge in [-0.25, -0.2) is 4.79 Å². The number of para-hydroxylation sites is 1. The predicted octanol–water partition coefficient (Wildman–Crippen LogP) is 4.92. The first-order chi connectivity index (χ1) is 14.5. The molecule has 1 aliphatic carbocycles. The van der Waals surface area contributed by atoms with E-state index in [0.717, 1.165) is 29.7 Å². The van der Waals surface area contributed by atoms with Crippen molar-refractivity contribution in [1.29, 1.82) is 5.26 Å². The number of benzene rings is 1. The Balaban J connectivity index is 1.97. The van der Waals surface area contributed by atoms with Gasteiger partial charge in [-0.3, -0.25) is 4.79 Å². The molecule has 1 atom stereocenters.